The molecule has 0 radical (unpaired) electrons. The van der Waals surface area contributed by atoms with Crippen molar-refractivity contribution in [3.63, 3.8) is 0 Å². The van der Waals surface area contributed by atoms with Gasteiger partial charge >= 0.3 is 0 Å². The van der Waals surface area contributed by atoms with Gasteiger partial charge in [0.05, 0.1) is 0 Å². The number of amides is 1. The Morgan fingerprint density at radius 1 is 1.39 bits per heavy atom. The number of carbonyl (C=O) groups is 1. The van der Waals surface area contributed by atoms with E-state index >= 15 is 0 Å². The van der Waals surface area contributed by atoms with Gasteiger partial charge in [-0.2, -0.15) is 0 Å². The molecule has 1 aromatic rings. The fourth-order valence-corrected chi connectivity index (χ4v) is 2.62. The quantitative estimate of drug-likeness (QED) is 0.840. The zero-order valence-corrected chi connectivity index (χ0v) is 10.9. The van der Waals surface area contributed by atoms with E-state index < -0.39 is 0 Å². The third kappa shape index (κ3) is 2.81. The van der Waals surface area contributed by atoms with E-state index in [4.69, 9.17) is 0 Å². The fourth-order valence-electron chi connectivity index (χ4n) is 2.62. The van der Waals surface area contributed by atoms with Gasteiger partial charge < -0.3 is 10.3 Å². The lowest BCUT2D eigenvalue weighted by molar-refractivity contribution is 0.0891. The van der Waals surface area contributed by atoms with Crippen LogP contribution in [0.25, 0.3) is 0 Å². The highest BCUT2D eigenvalue weighted by atomic mass is 16.2. The first kappa shape index (κ1) is 12.9. The van der Waals surface area contributed by atoms with Gasteiger partial charge in [0.1, 0.15) is 0 Å². The second-order valence-electron chi connectivity index (χ2n) is 5.29. The summed E-state index contributed by atoms with van der Waals surface area (Å²) in [5.41, 5.74) is 0.192. The van der Waals surface area contributed by atoms with Crippen molar-refractivity contribution in [2.24, 2.45) is 11.8 Å². The summed E-state index contributed by atoms with van der Waals surface area (Å²) in [6.07, 6.45) is 4.93. The molecule has 3 atom stereocenters. The predicted molar refractivity (Wildman–Crippen MR) is 70.5 cm³/mol. The van der Waals surface area contributed by atoms with E-state index in [1.807, 2.05) is 0 Å². The number of carbonyl (C=O) groups excluding carboxylic acids is 1. The normalized spacial score (nSPS) is 27.8. The van der Waals surface area contributed by atoms with E-state index in [1.165, 1.54) is 18.7 Å². The second kappa shape index (κ2) is 5.38. The summed E-state index contributed by atoms with van der Waals surface area (Å²) in [6.45, 7) is 4.42. The van der Waals surface area contributed by atoms with Gasteiger partial charge in [-0.15, -0.1) is 0 Å². The molecule has 1 saturated carbocycles. The Bertz CT molecular complexity index is 481. The van der Waals surface area contributed by atoms with Gasteiger partial charge in [-0.3, -0.25) is 9.59 Å². The average Bonchev–Trinajstić information content (AvgIpc) is 2.35. The van der Waals surface area contributed by atoms with Crippen molar-refractivity contribution in [2.45, 2.75) is 39.2 Å². The minimum Gasteiger partial charge on any atom is -0.349 e. The van der Waals surface area contributed by atoms with E-state index in [0.29, 0.717) is 17.4 Å². The summed E-state index contributed by atoms with van der Waals surface area (Å²) < 4.78 is 0. The first-order valence-corrected chi connectivity index (χ1v) is 6.57. The van der Waals surface area contributed by atoms with Crippen LogP contribution >= 0.6 is 0 Å². The van der Waals surface area contributed by atoms with Crippen LogP contribution in [0.3, 0.4) is 0 Å². The van der Waals surface area contributed by atoms with Gasteiger partial charge in [0.25, 0.3) is 5.91 Å². The van der Waals surface area contributed by atoms with Crippen LogP contribution in [0, 0.1) is 11.8 Å². The fraction of sp³-hybridized carbons (Fsp3) is 0.571. The zero-order chi connectivity index (χ0) is 13.1. The Hall–Kier alpha value is -1.58. The predicted octanol–water partition coefficient (Wildman–Crippen LogP) is 1.93. The molecule has 4 nitrogen and oxygen atoms in total. The van der Waals surface area contributed by atoms with E-state index in [2.05, 4.69) is 24.1 Å². The number of rotatable bonds is 2. The molecule has 1 aliphatic carbocycles. The average molecular weight is 248 g/mol. The van der Waals surface area contributed by atoms with Crippen LogP contribution in [0.4, 0.5) is 0 Å². The Labute approximate surface area is 107 Å². The second-order valence-corrected chi connectivity index (χ2v) is 5.29. The molecular weight excluding hydrogens is 228 g/mol. The van der Waals surface area contributed by atoms with Gasteiger partial charge in [-0.05, 0) is 24.3 Å². The molecule has 0 saturated heterocycles. The minimum atomic E-state index is -0.243. The van der Waals surface area contributed by atoms with Crippen molar-refractivity contribution in [1.82, 2.24) is 10.3 Å². The lowest BCUT2D eigenvalue weighted by Crippen LogP contribution is -2.43. The highest BCUT2D eigenvalue weighted by Gasteiger charge is 2.28. The van der Waals surface area contributed by atoms with Crippen LogP contribution < -0.4 is 10.9 Å². The van der Waals surface area contributed by atoms with Gasteiger partial charge in [-0.1, -0.05) is 26.7 Å². The molecule has 0 bridgehead atoms. The van der Waals surface area contributed by atoms with Crippen molar-refractivity contribution < 1.29 is 4.79 Å². The van der Waals surface area contributed by atoms with E-state index in [-0.39, 0.29) is 17.5 Å². The van der Waals surface area contributed by atoms with Crippen LogP contribution in [0.5, 0.6) is 0 Å². The molecule has 0 aromatic carbocycles. The summed E-state index contributed by atoms with van der Waals surface area (Å²) >= 11 is 0. The summed E-state index contributed by atoms with van der Waals surface area (Å²) in [5.74, 6) is 0.986. The molecule has 0 spiro atoms. The molecule has 98 valence electrons. The van der Waals surface area contributed by atoms with Crippen molar-refractivity contribution in [3.05, 3.63) is 34.2 Å². The molecule has 4 heteroatoms. The molecule has 1 fully saturated rings. The number of aromatic nitrogens is 1. The van der Waals surface area contributed by atoms with Gasteiger partial charge in [0.2, 0.25) is 5.56 Å². The van der Waals surface area contributed by atoms with Crippen molar-refractivity contribution >= 4 is 5.91 Å². The number of aromatic amines is 1. The lowest BCUT2D eigenvalue weighted by Gasteiger charge is -2.34. The van der Waals surface area contributed by atoms with Gasteiger partial charge in [0, 0.05) is 23.9 Å². The largest absolute Gasteiger partial charge is 0.349 e. The Balaban J connectivity index is 2.05. The summed E-state index contributed by atoms with van der Waals surface area (Å²) in [4.78, 5) is 25.7. The topological polar surface area (TPSA) is 62.0 Å². The monoisotopic (exact) mass is 248 g/mol. The molecule has 1 amide bonds. The summed E-state index contributed by atoms with van der Waals surface area (Å²) in [5, 5.41) is 3.05. The number of pyridine rings is 1. The molecular formula is C14H20N2O2. The first-order valence-electron chi connectivity index (χ1n) is 6.57. The highest BCUT2D eigenvalue weighted by Crippen LogP contribution is 2.29. The molecule has 1 aromatic heterocycles. The van der Waals surface area contributed by atoms with Crippen molar-refractivity contribution in [2.75, 3.05) is 0 Å². The smallest absolute Gasteiger partial charge is 0.251 e. The molecule has 3 unspecified atom stereocenters. The molecule has 1 aliphatic rings. The molecule has 18 heavy (non-hydrogen) atoms. The molecule has 1 heterocycles. The maximum Gasteiger partial charge on any atom is 0.251 e. The molecule has 2 rings (SSSR count). The first-order chi connectivity index (χ1) is 8.58. The summed E-state index contributed by atoms with van der Waals surface area (Å²) in [7, 11) is 0. The van der Waals surface area contributed by atoms with Crippen LogP contribution in [0.1, 0.15) is 43.5 Å². The maximum atomic E-state index is 12.1. The number of H-pyrrole nitrogens is 1. The van der Waals surface area contributed by atoms with E-state index in [0.717, 1.165) is 12.8 Å². The maximum absolute atomic E-state index is 12.1. The third-order valence-electron chi connectivity index (χ3n) is 4.06. The van der Waals surface area contributed by atoms with Crippen LogP contribution in [0.15, 0.2) is 23.1 Å². The lowest BCUT2D eigenvalue weighted by atomic mass is 9.78. The minimum absolute atomic E-state index is 0.146. The highest BCUT2D eigenvalue weighted by molar-refractivity contribution is 5.94. The summed E-state index contributed by atoms with van der Waals surface area (Å²) in [6, 6.07) is 3.19. The number of hydrogen-bond acceptors (Lipinski definition) is 2. The van der Waals surface area contributed by atoms with Gasteiger partial charge in [-0.25, -0.2) is 0 Å². The van der Waals surface area contributed by atoms with Crippen LogP contribution in [-0.4, -0.2) is 16.9 Å². The SMILES string of the molecule is CC1CCCC(NC(=O)c2cc[nH]c(=O)c2)C1C. The number of nitrogens with one attached hydrogen (secondary N) is 2. The van der Waals surface area contributed by atoms with E-state index in [1.54, 1.807) is 6.07 Å². The van der Waals surface area contributed by atoms with Crippen molar-refractivity contribution in [1.29, 1.82) is 0 Å². The Morgan fingerprint density at radius 2 is 2.17 bits per heavy atom. The van der Waals surface area contributed by atoms with Crippen LogP contribution in [0.2, 0.25) is 0 Å². The zero-order valence-electron chi connectivity index (χ0n) is 10.9. The van der Waals surface area contributed by atoms with Gasteiger partial charge in [0.15, 0.2) is 0 Å². The van der Waals surface area contributed by atoms with E-state index in [9.17, 15) is 9.59 Å². The Morgan fingerprint density at radius 3 is 2.89 bits per heavy atom. The van der Waals surface area contributed by atoms with Crippen LogP contribution in [-0.2, 0) is 0 Å². The molecule has 2 N–H and O–H groups in total. The van der Waals surface area contributed by atoms with Crippen molar-refractivity contribution in [3.8, 4) is 0 Å². The Kier molecular flexibility index (Phi) is 3.84. The number of hydrogen-bond donors (Lipinski definition) is 2. The third-order valence-corrected chi connectivity index (χ3v) is 4.06. The molecule has 0 aliphatic heterocycles. The standard InChI is InChI=1S/C14H20N2O2/c1-9-4-3-5-12(10(9)2)16-14(18)11-6-7-15-13(17)8-11/h6-10,12H,3-5H2,1-2H3,(H,15,17)(H,16,18).